The Hall–Kier alpha value is -1.10. The number of hydrogen-bond acceptors (Lipinski definition) is 3. The number of nitrogens with two attached hydrogens (primary N) is 1. The Morgan fingerprint density at radius 2 is 2.35 bits per heavy atom. The van der Waals surface area contributed by atoms with Crippen molar-refractivity contribution in [1.82, 2.24) is 10.2 Å². The van der Waals surface area contributed by atoms with Crippen molar-refractivity contribution in [2.75, 3.05) is 19.6 Å². The highest BCUT2D eigenvalue weighted by atomic mass is 35.5. The van der Waals surface area contributed by atoms with Gasteiger partial charge < -0.3 is 11.1 Å². The lowest BCUT2D eigenvalue weighted by Gasteiger charge is -2.41. The smallest absolute Gasteiger partial charge is 0.224 e. The van der Waals surface area contributed by atoms with Crippen LogP contribution in [0.15, 0.2) is 24.3 Å². The average molecular weight is 294 g/mol. The molecule has 3 atom stereocenters. The molecular formula is C15H20ClN3O. The van der Waals surface area contributed by atoms with Crippen LogP contribution in [-0.2, 0) is 4.79 Å². The number of hydrogen-bond donors (Lipinski definition) is 2. The van der Waals surface area contributed by atoms with Gasteiger partial charge in [0.05, 0.1) is 5.92 Å². The number of halogens is 1. The van der Waals surface area contributed by atoms with Gasteiger partial charge in [-0.2, -0.15) is 0 Å². The summed E-state index contributed by atoms with van der Waals surface area (Å²) in [6.45, 7) is 2.27. The zero-order valence-corrected chi connectivity index (χ0v) is 12.1. The predicted octanol–water partition coefficient (Wildman–Crippen LogP) is 1.55. The van der Waals surface area contributed by atoms with Gasteiger partial charge in [-0.3, -0.25) is 9.69 Å². The Bertz CT molecular complexity index is 508. The van der Waals surface area contributed by atoms with Crippen LogP contribution in [0.1, 0.15) is 24.4 Å². The van der Waals surface area contributed by atoms with Gasteiger partial charge in [-0.15, -0.1) is 0 Å². The molecule has 0 aromatic heterocycles. The normalized spacial score (nSPS) is 28.0. The first-order valence-electron chi connectivity index (χ1n) is 7.19. The molecule has 20 heavy (non-hydrogen) atoms. The number of likely N-dealkylation sites (tertiary alicyclic amines) is 1. The van der Waals surface area contributed by atoms with E-state index in [1.165, 1.54) is 0 Å². The SMILES string of the molecule is NCC(c1cccc(Cl)c1)N1CCCC2C(=O)NCC21. The van der Waals surface area contributed by atoms with E-state index in [2.05, 4.69) is 16.3 Å². The second-order valence-electron chi connectivity index (χ2n) is 5.61. The van der Waals surface area contributed by atoms with Gasteiger partial charge in [-0.25, -0.2) is 0 Å². The van der Waals surface area contributed by atoms with Crippen molar-refractivity contribution in [3.05, 3.63) is 34.9 Å². The molecule has 0 saturated carbocycles. The average Bonchev–Trinajstić information content (AvgIpc) is 2.83. The highest BCUT2D eigenvalue weighted by Gasteiger charge is 2.42. The number of benzene rings is 1. The van der Waals surface area contributed by atoms with Gasteiger partial charge in [0, 0.05) is 30.2 Å². The van der Waals surface area contributed by atoms with E-state index in [-0.39, 0.29) is 23.9 Å². The van der Waals surface area contributed by atoms with E-state index in [1.54, 1.807) is 0 Å². The molecule has 5 heteroatoms. The molecule has 2 aliphatic rings. The monoisotopic (exact) mass is 293 g/mol. The number of piperidine rings is 1. The van der Waals surface area contributed by atoms with Gasteiger partial charge in [-0.05, 0) is 37.1 Å². The molecule has 2 aliphatic heterocycles. The predicted molar refractivity (Wildman–Crippen MR) is 79.5 cm³/mol. The van der Waals surface area contributed by atoms with Crippen LogP contribution in [0.4, 0.5) is 0 Å². The fourth-order valence-corrected chi connectivity index (χ4v) is 3.75. The summed E-state index contributed by atoms with van der Waals surface area (Å²) in [5, 5.41) is 3.72. The van der Waals surface area contributed by atoms with Crippen LogP contribution in [0.5, 0.6) is 0 Å². The largest absolute Gasteiger partial charge is 0.354 e. The number of amides is 1. The van der Waals surface area contributed by atoms with Crippen molar-refractivity contribution in [2.45, 2.75) is 24.9 Å². The van der Waals surface area contributed by atoms with Crippen LogP contribution >= 0.6 is 11.6 Å². The van der Waals surface area contributed by atoms with Crippen molar-refractivity contribution in [1.29, 1.82) is 0 Å². The van der Waals surface area contributed by atoms with Crippen molar-refractivity contribution in [3.63, 3.8) is 0 Å². The summed E-state index contributed by atoms with van der Waals surface area (Å²) in [5.41, 5.74) is 7.15. The topological polar surface area (TPSA) is 58.4 Å². The van der Waals surface area contributed by atoms with Gasteiger partial charge >= 0.3 is 0 Å². The standard InChI is InChI=1S/C15H20ClN3O/c16-11-4-1-3-10(7-11)13(8-17)19-6-2-5-12-14(19)9-18-15(12)20/h1,3-4,7,12-14H,2,5-6,8-9,17H2,(H,18,20). The van der Waals surface area contributed by atoms with Gasteiger partial charge in [0.25, 0.3) is 0 Å². The number of nitrogens with zero attached hydrogens (tertiary/aromatic N) is 1. The third-order valence-corrected chi connectivity index (χ3v) is 4.74. The molecule has 2 heterocycles. The molecule has 0 bridgehead atoms. The van der Waals surface area contributed by atoms with Crippen LogP contribution in [0, 0.1) is 5.92 Å². The first-order chi connectivity index (χ1) is 9.70. The Kier molecular flexibility index (Phi) is 3.96. The van der Waals surface area contributed by atoms with Gasteiger partial charge in [0.1, 0.15) is 0 Å². The third-order valence-electron chi connectivity index (χ3n) is 4.50. The maximum absolute atomic E-state index is 11.9. The summed E-state index contributed by atoms with van der Waals surface area (Å²) in [4.78, 5) is 14.3. The molecule has 0 radical (unpaired) electrons. The summed E-state index contributed by atoms with van der Waals surface area (Å²) >= 11 is 6.09. The highest BCUT2D eigenvalue weighted by Crippen LogP contribution is 2.34. The zero-order valence-electron chi connectivity index (χ0n) is 11.4. The first-order valence-corrected chi connectivity index (χ1v) is 7.57. The van der Waals surface area contributed by atoms with Crippen molar-refractivity contribution >= 4 is 17.5 Å². The second kappa shape index (κ2) is 5.72. The number of fused-ring (bicyclic) bond motifs is 1. The lowest BCUT2D eigenvalue weighted by atomic mass is 9.89. The van der Waals surface area contributed by atoms with E-state index in [4.69, 9.17) is 17.3 Å². The summed E-state index contributed by atoms with van der Waals surface area (Å²) in [5.74, 6) is 0.318. The van der Waals surface area contributed by atoms with E-state index >= 15 is 0 Å². The first kappa shape index (κ1) is 13.9. The molecule has 3 rings (SSSR count). The summed E-state index contributed by atoms with van der Waals surface area (Å²) in [6.07, 6.45) is 2.03. The Morgan fingerprint density at radius 3 is 3.10 bits per heavy atom. The van der Waals surface area contributed by atoms with E-state index in [0.29, 0.717) is 6.54 Å². The van der Waals surface area contributed by atoms with Gasteiger partial charge in [0.2, 0.25) is 5.91 Å². The van der Waals surface area contributed by atoms with E-state index in [1.807, 2.05) is 18.2 Å². The molecule has 3 unspecified atom stereocenters. The molecule has 1 aromatic rings. The minimum absolute atomic E-state index is 0.122. The molecule has 2 saturated heterocycles. The van der Waals surface area contributed by atoms with Crippen molar-refractivity contribution < 1.29 is 4.79 Å². The summed E-state index contributed by atoms with van der Waals surface area (Å²) in [6, 6.07) is 8.28. The molecule has 0 spiro atoms. The number of carbonyl (C=O) groups excluding carboxylic acids is 1. The lowest BCUT2D eigenvalue weighted by Crippen LogP contribution is -2.49. The van der Waals surface area contributed by atoms with Crippen LogP contribution < -0.4 is 11.1 Å². The van der Waals surface area contributed by atoms with Crippen molar-refractivity contribution in [3.8, 4) is 0 Å². The molecule has 0 aliphatic carbocycles. The summed E-state index contributed by atoms with van der Waals surface area (Å²) in [7, 11) is 0. The highest BCUT2D eigenvalue weighted by molar-refractivity contribution is 6.30. The van der Waals surface area contributed by atoms with Crippen LogP contribution in [-0.4, -0.2) is 36.5 Å². The van der Waals surface area contributed by atoms with E-state index in [0.717, 1.165) is 36.5 Å². The van der Waals surface area contributed by atoms with Crippen molar-refractivity contribution in [2.24, 2.45) is 11.7 Å². The van der Waals surface area contributed by atoms with Gasteiger partial charge in [0.15, 0.2) is 0 Å². The molecule has 4 nitrogen and oxygen atoms in total. The molecule has 1 aromatic carbocycles. The maximum atomic E-state index is 11.9. The molecule has 108 valence electrons. The molecule has 1 amide bonds. The molecule has 2 fully saturated rings. The molecular weight excluding hydrogens is 274 g/mol. The third kappa shape index (κ3) is 2.43. The van der Waals surface area contributed by atoms with E-state index < -0.39 is 0 Å². The van der Waals surface area contributed by atoms with Gasteiger partial charge in [-0.1, -0.05) is 23.7 Å². The van der Waals surface area contributed by atoms with Crippen LogP contribution in [0.2, 0.25) is 5.02 Å². The maximum Gasteiger partial charge on any atom is 0.224 e. The number of rotatable bonds is 3. The molecule has 3 N–H and O–H groups in total. The lowest BCUT2D eigenvalue weighted by molar-refractivity contribution is -0.124. The number of carbonyl (C=O) groups is 1. The quantitative estimate of drug-likeness (QED) is 0.889. The van der Waals surface area contributed by atoms with Crippen LogP contribution in [0.25, 0.3) is 0 Å². The Morgan fingerprint density at radius 1 is 1.50 bits per heavy atom. The Labute approximate surface area is 124 Å². The van der Waals surface area contributed by atoms with E-state index in [9.17, 15) is 4.79 Å². The summed E-state index contributed by atoms with van der Waals surface area (Å²) < 4.78 is 0. The second-order valence-corrected chi connectivity index (χ2v) is 6.04. The Balaban J connectivity index is 1.87. The zero-order chi connectivity index (χ0) is 14.1. The fraction of sp³-hybridized carbons (Fsp3) is 0.533. The number of nitrogens with one attached hydrogen (secondary N) is 1. The minimum Gasteiger partial charge on any atom is -0.354 e. The minimum atomic E-state index is 0.122. The van der Waals surface area contributed by atoms with Crippen LogP contribution in [0.3, 0.4) is 0 Å². The fourth-order valence-electron chi connectivity index (χ4n) is 3.55.